The number of hydrogen-bond donors (Lipinski definition) is 0. The van der Waals surface area contributed by atoms with Gasteiger partial charge in [0.25, 0.3) is 0 Å². The van der Waals surface area contributed by atoms with Crippen molar-refractivity contribution in [2.45, 2.75) is 38.6 Å². The number of nitrogens with zero attached hydrogens (tertiary/aromatic N) is 1. The highest BCUT2D eigenvalue weighted by atomic mass is 16.1. The Kier molecular flexibility index (Phi) is 7.24. The molecule has 0 aliphatic rings. The molecule has 1 radical (unpaired) electrons. The molecule has 2 nitrogen and oxygen atoms in total. The number of unbranched alkanes of at least 4 members (excludes halogenated alkanes) is 3. The van der Waals surface area contributed by atoms with Crippen molar-refractivity contribution in [1.82, 2.24) is 4.90 Å². The lowest BCUT2D eigenvalue weighted by Gasteiger charge is -2.16. The Labute approximate surface area is 133 Å². The molecular weight excluding hydrogens is 270 g/mol. The van der Waals surface area contributed by atoms with E-state index in [0.717, 1.165) is 24.9 Å². The summed E-state index contributed by atoms with van der Waals surface area (Å²) in [4.78, 5) is 12.8. The van der Waals surface area contributed by atoms with Crippen molar-refractivity contribution in [1.29, 1.82) is 0 Å². The highest BCUT2D eigenvalue weighted by Crippen LogP contribution is 2.09. The first-order valence-electron chi connectivity index (χ1n) is 8.09. The summed E-state index contributed by atoms with van der Waals surface area (Å²) in [5.41, 5.74) is 2.57. The first-order valence-corrected chi connectivity index (χ1v) is 8.09. The van der Waals surface area contributed by atoms with Crippen LogP contribution in [-0.4, -0.2) is 17.9 Å². The van der Waals surface area contributed by atoms with Crippen LogP contribution in [-0.2, 0) is 17.8 Å². The van der Waals surface area contributed by atoms with Crippen LogP contribution in [0.3, 0.4) is 0 Å². The fourth-order valence-corrected chi connectivity index (χ4v) is 2.59. The van der Waals surface area contributed by atoms with E-state index in [2.05, 4.69) is 36.7 Å². The molecule has 0 aliphatic heterocycles. The lowest BCUT2D eigenvalue weighted by molar-refractivity contribution is 0.362. The molecule has 0 fully saturated rings. The molecule has 0 spiro atoms. The fourth-order valence-electron chi connectivity index (χ4n) is 2.59. The minimum absolute atomic E-state index is 0.661. The van der Waals surface area contributed by atoms with E-state index in [9.17, 15) is 4.79 Å². The Hall–Kier alpha value is -2.09. The highest BCUT2D eigenvalue weighted by Gasteiger charge is 2.03. The van der Waals surface area contributed by atoms with Crippen LogP contribution in [0.5, 0.6) is 0 Å². The Bertz CT molecular complexity index is 524. The minimum atomic E-state index is 0.661. The number of amides is 1. The Balaban J connectivity index is 1.58. The van der Waals surface area contributed by atoms with Crippen LogP contribution in [0.1, 0.15) is 36.8 Å². The molecule has 2 aromatic carbocycles. The maximum absolute atomic E-state index is 11.0. The zero-order chi connectivity index (χ0) is 15.5. The first kappa shape index (κ1) is 16.3. The number of carbonyl (C=O) groups excluding carboxylic acids is 1. The van der Waals surface area contributed by atoms with Crippen molar-refractivity contribution in [2.24, 2.45) is 0 Å². The van der Waals surface area contributed by atoms with Crippen LogP contribution in [0.15, 0.2) is 60.7 Å². The van der Waals surface area contributed by atoms with Gasteiger partial charge in [0, 0.05) is 13.1 Å². The predicted octanol–water partition coefficient (Wildman–Crippen LogP) is 4.36. The standard InChI is InChI=1S/C20H24NO/c22-18-21(17-20-14-8-4-9-15-20)16-10-2-1-5-11-19-12-6-3-7-13-19/h3-4,6-9,12-15H,1-2,5,10-11,16-17H2. The summed E-state index contributed by atoms with van der Waals surface area (Å²) >= 11 is 0. The van der Waals surface area contributed by atoms with E-state index >= 15 is 0 Å². The molecule has 0 saturated heterocycles. The molecule has 0 heterocycles. The van der Waals surface area contributed by atoms with Crippen LogP contribution in [0.2, 0.25) is 0 Å². The lowest BCUT2D eigenvalue weighted by Crippen LogP contribution is -2.22. The SMILES string of the molecule is O=[C]N(CCCCCCc1ccccc1)Cc1ccccc1. The molecule has 0 aromatic heterocycles. The molecule has 115 valence electrons. The van der Waals surface area contributed by atoms with Gasteiger partial charge in [-0.15, -0.1) is 0 Å². The van der Waals surface area contributed by atoms with Crippen molar-refractivity contribution in [2.75, 3.05) is 6.54 Å². The molecule has 0 aliphatic carbocycles. The third kappa shape index (κ3) is 6.13. The molecule has 0 N–H and O–H groups in total. The normalized spacial score (nSPS) is 10.4. The molecule has 1 amide bonds. The largest absolute Gasteiger partial charge is 0.330 e. The van der Waals surface area contributed by atoms with Crippen LogP contribution < -0.4 is 0 Å². The van der Waals surface area contributed by atoms with E-state index in [1.165, 1.54) is 24.8 Å². The van der Waals surface area contributed by atoms with Crippen molar-refractivity contribution in [3.8, 4) is 0 Å². The number of benzene rings is 2. The summed E-state index contributed by atoms with van der Waals surface area (Å²) in [5.74, 6) is 0. The van der Waals surface area contributed by atoms with Crippen molar-refractivity contribution < 1.29 is 4.79 Å². The smallest absolute Gasteiger partial charge is 0.312 e. The van der Waals surface area contributed by atoms with Crippen molar-refractivity contribution in [3.63, 3.8) is 0 Å². The maximum Gasteiger partial charge on any atom is 0.312 e. The molecule has 2 aromatic rings. The molecule has 0 saturated carbocycles. The average Bonchev–Trinajstić information content (AvgIpc) is 2.58. The topological polar surface area (TPSA) is 20.3 Å². The van der Waals surface area contributed by atoms with Crippen LogP contribution in [0, 0.1) is 0 Å². The predicted molar refractivity (Wildman–Crippen MR) is 91.2 cm³/mol. The molecule has 0 unspecified atom stereocenters. The summed E-state index contributed by atoms with van der Waals surface area (Å²) in [6.07, 6.45) is 7.85. The zero-order valence-electron chi connectivity index (χ0n) is 13.1. The highest BCUT2D eigenvalue weighted by molar-refractivity contribution is 5.48. The van der Waals surface area contributed by atoms with E-state index in [0.29, 0.717) is 6.54 Å². The summed E-state index contributed by atoms with van der Waals surface area (Å²) in [5, 5.41) is 0. The summed E-state index contributed by atoms with van der Waals surface area (Å²) < 4.78 is 0. The summed E-state index contributed by atoms with van der Waals surface area (Å²) in [6.45, 7) is 1.46. The van der Waals surface area contributed by atoms with Gasteiger partial charge in [-0.3, -0.25) is 4.79 Å². The number of aryl methyl sites for hydroxylation is 1. The van der Waals surface area contributed by atoms with Gasteiger partial charge < -0.3 is 4.90 Å². The van der Waals surface area contributed by atoms with Gasteiger partial charge in [-0.2, -0.15) is 0 Å². The Morgan fingerprint density at radius 2 is 1.32 bits per heavy atom. The van der Waals surface area contributed by atoms with E-state index in [4.69, 9.17) is 0 Å². The molecule has 0 bridgehead atoms. The minimum Gasteiger partial charge on any atom is -0.330 e. The van der Waals surface area contributed by atoms with Crippen LogP contribution in [0.25, 0.3) is 0 Å². The van der Waals surface area contributed by atoms with Crippen LogP contribution in [0.4, 0.5) is 0 Å². The lowest BCUT2D eigenvalue weighted by atomic mass is 10.1. The van der Waals surface area contributed by atoms with E-state index in [-0.39, 0.29) is 0 Å². The molecule has 2 heteroatoms. The first-order chi connectivity index (χ1) is 10.9. The van der Waals surface area contributed by atoms with Crippen molar-refractivity contribution >= 4 is 6.41 Å². The fraction of sp³-hybridized carbons (Fsp3) is 0.350. The van der Waals surface area contributed by atoms with Gasteiger partial charge in [-0.25, -0.2) is 0 Å². The third-order valence-corrected chi connectivity index (χ3v) is 3.83. The number of hydrogen-bond acceptors (Lipinski definition) is 1. The second kappa shape index (κ2) is 9.78. The third-order valence-electron chi connectivity index (χ3n) is 3.83. The maximum atomic E-state index is 11.0. The van der Waals surface area contributed by atoms with Gasteiger partial charge in [0.05, 0.1) is 0 Å². The van der Waals surface area contributed by atoms with E-state index in [1.807, 2.05) is 30.3 Å². The molecular formula is C20H24NO. The van der Waals surface area contributed by atoms with E-state index < -0.39 is 0 Å². The van der Waals surface area contributed by atoms with Gasteiger partial charge in [0.1, 0.15) is 0 Å². The zero-order valence-corrected chi connectivity index (χ0v) is 13.1. The van der Waals surface area contributed by atoms with E-state index in [1.54, 1.807) is 4.90 Å². The van der Waals surface area contributed by atoms with Gasteiger partial charge in [-0.1, -0.05) is 73.5 Å². The molecule has 2 rings (SSSR count). The van der Waals surface area contributed by atoms with Crippen LogP contribution >= 0.6 is 0 Å². The van der Waals surface area contributed by atoms with Gasteiger partial charge in [0.2, 0.25) is 0 Å². The average molecular weight is 294 g/mol. The monoisotopic (exact) mass is 294 g/mol. The van der Waals surface area contributed by atoms with Gasteiger partial charge >= 0.3 is 6.41 Å². The number of rotatable bonds is 10. The summed E-state index contributed by atoms with van der Waals surface area (Å²) in [7, 11) is 0. The van der Waals surface area contributed by atoms with Gasteiger partial charge in [-0.05, 0) is 30.4 Å². The summed E-state index contributed by atoms with van der Waals surface area (Å²) in [6, 6.07) is 20.7. The van der Waals surface area contributed by atoms with Crippen molar-refractivity contribution in [3.05, 3.63) is 71.8 Å². The quantitative estimate of drug-likeness (QED) is 0.471. The molecule has 22 heavy (non-hydrogen) atoms. The second-order valence-corrected chi connectivity index (χ2v) is 5.65. The second-order valence-electron chi connectivity index (χ2n) is 5.65. The molecule has 0 atom stereocenters. The Morgan fingerprint density at radius 3 is 1.95 bits per heavy atom. The van der Waals surface area contributed by atoms with Gasteiger partial charge in [0.15, 0.2) is 0 Å². The Morgan fingerprint density at radius 1 is 0.727 bits per heavy atom.